The van der Waals surface area contributed by atoms with E-state index in [1.807, 2.05) is 0 Å². The van der Waals surface area contributed by atoms with E-state index in [1.54, 1.807) is 0 Å². The van der Waals surface area contributed by atoms with E-state index >= 15 is 0 Å². The Labute approximate surface area is 132 Å². The van der Waals surface area contributed by atoms with Crippen LogP contribution in [0.5, 0.6) is 0 Å². The number of rotatable bonds is 3. The minimum Gasteiger partial charge on any atom is -0.396 e. The zero-order valence-electron chi connectivity index (χ0n) is 12.9. The molecule has 0 aromatic heterocycles. The van der Waals surface area contributed by atoms with Gasteiger partial charge >= 0.3 is 0 Å². The van der Waals surface area contributed by atoms with Gasteiger partial charge in [-0.3, -0.25) is 0 Å². The van der Waals surface area contributed by atoms with Gasteiger partial charge in [-0.2, -0.15) is 0 Å². The van der Waals surface area contributed by atoms with E-state index in [0.29, 0.717) is 18.4 Å². The van der Waals surface area contributed by atoms with Gasteiger partial charge in [-0.1, -0.05) is 54.6 Å². The number of hydrogen-bond acceptors (Lipinski definition) is 1. The van der Waals surface area contributed by atoms with Crippen molar-refractivity contribution >= 4 is 0 Å². The number of allylic oxidation sites excluding steroid dienone is 4. The lowest BCUT2D eigenvalue weighted by Crippen LogP contribution is -2.49. The molecule has 22 heavy (non-hydrogen) atoms. The van der Waals surface area contributed by atoms with Crippen LogP contribution in [0.25, 0.3) is 0 Å². The fraction of sp³-hybridized carbons (Fsp3) is 0.524. The minimum absolute atomic E-state index is 0.361. The number of aliphatic hydroxyl groups is 1. The standard InChI is InChI=1S/C21H24O/c22-11-10-16-18-9-8-17-15(13-4-2-1-3-5-13)7-6-14-12-19(16)21(18)20(14)17/h1-9,14-22H,10-12H2/t14-,15+,16-,17+,18-,19+,20-,21-/m1/s1. The molecule has 1 aromatic rings. The molecule has 1 aromatic carbocycles. The van der Waals surface area contributed by atoms with Crippen LogP contribution in [0.2, 0.25) is 0 Å². The Morgan fingerprint density at radius 3 is 2.55 bits per heavy atom. The highest BCUT2D eigenvalue weighted by atomic mass is 16.3. The molecule has 0 amide bonds. The predicted octanol–water partition coefficient (Wildman–Crippen LogP) is 4.02. The van der Waals surface area contributed by atoms with Crippen LogP contribution >= 0.6 is 0 Å². The fourth-order valence-electron chi connectivity index (χ4n) is 6.35. The summed E-state index contributed by atoms with van der Waals surface area (Å²) in [6.07, 6.45) is 12.4. The molecule has 8 atom stereocenters. The summed E-state index contributed by atoms with van der Waals surface area (Å²) in [4.78, 5) is 0. The van der Waals surface area contributed by atoms with E-state index in [2.05, 4.69) is 54.6 Å². The van der Waals surface area contributed by atoms with Gasteiger partial charge in [0.25, 0.3) is 0 Å². The summed E-state index contributed by atoms with van der Waals surface area (Å²) in [5.74, 6) is 6.18. The maximum absolute atomic E-state index is 9.36. The highest BCUT2D eigenvalue weighted by Gasteiger charge is 2.61. The Kier molecular flexibility index (Phi) is 2.88. The van der Waals surface area contributed by atoms with E-state index in [9.17, 15) is 5.11 Å². The topological polar surface area (TPSA) is 20.2 Å². The van der Waals surface area contributed by atoms with Crippen molar-refractivity contribution in [2.45, 2.75) is 18.8 Å². The lowest BCUT2D eigenvalue weighted by atomic mass is 9.50. The highest BCUT2D eigenvalue weighted by Crippen LogP contribution is 2.67. The first-order valence-electron chi connectivity index (χ1n) is 8.91. The second kappa shape index (κ2) is 4.83. The maximum Gasteiger partial charge on any atom is 0.0433 e. The molecule has 4 aliphatic carbocycles. The Morgan fingerprint density at radius 2 is 1.73 bits per heavy atom. The van der Waals surface area contributed by atoms with E-state index in [1.165, 1.54) is 12.0 Å². The first-order valence-corrected chi connectivity index (χ1v) is 8.91. The SMILES string of the molecule is OCC[C@@H]1[C@H]2C=C[C@@H]3[C@@H]4[C@H]2[C@H]1C[C@H]4C=C[C@H]3c1ccccc1. The average molecular weight is 292 g/mol. The maximum atomic E-state index is 9.36. The summed E-state index contributed by atoms with van der Waals surface area (Å²) in [6.45, 7) is 0.361. The van der Waals surface area contributed by atoms with Gasteiger partial charge in [-0.15, -0.1) is 0 Å². The molecule has 0 bridgehead atoms. The van der Waals surface area contributed by atoms with Crippen LogP contribution in [-0.4, -0.2) is 11.7 Å². The van der Waals surface area contributed by atoms with Crippen molar-refractivity contribution in [3.63, 3.8) is 0 Å². The van der Waals surface area contributed by atoms with Gasteiger partial charge in [0, 0.05) is 12.5 Å². The van der Waals surface area contributed by atoms with Gasteiger partial charge in [-0.25, -0.2) is 0 Å². The zero-order chi connectivity index (χ0) is 14.7. The second-order valence-corrected chi connectivity index (χ2v) is 7.76. The van der Waals surface area contributed by atoms with Crippen LogP contribution in [0, 0.1) is 41.4 Å². The van der Waals surface area contributed by atoms with Crippen LogP contribution in [0.3, 0.4) is 0 Å². The lowest BCUT2D eigenvalue weighted by Gasteiger charge is -2.54. The lowest BCUT2D eigenvalue weighted by molar-refractivity contribution is -0.0251. The summed E-state index contributed by atoms with van der Waals surface area (Å²) >= 11 is 0. The predicted molar refractivity (Wildman–Crippen MR) is 88.2 cm³/mol. The highest BCUT2D eigenvalue weighted by molar-refractivity contribution is 5.34. The van der Waals surface area contributed by atoms with E-state index < -0.39 is 0 Å². The fourth-order valence-corrected chi connectivity index (χ4v) is 6.35. The first kappa shape index (κ1) is 13.1. The van der Waals surface area contributed by atoms with Crippen LogP contribution in [0.1, 0.15) is 24.3 Å². The summed E-state index contributed by atoms with van der Waals surface area (Å²) in [6, 6.07) is 11.0. The molecule has 114 valence electrons. The van der Waals surface area contributed by atoms with Crippen LogP contribution in [0.15, 0.2) is 54.6 Å². The largest absolute Gasteiger partial charge is 0.396 e. The van der Waals surface area contributed by atoms with Crippen molar-refractivity contribution < 1.29 is 5.11 Å². The van der Waals surface area contributed by atoms with Gasteiger partial charge in [0.1, 0.15) is 0 Å². The molecule has 0 unspecified atom stereocenters. The van der Waals surface area contributed by atoms with E-state index in [0.717, 1.165) is 41.9 Å². The molecule has 4 aliphatic rings. The number of aliphatic hydroxyl groups excluding tert-OH is 1. The molecule has 0 aliphatic heterocycles. The average Bonchev–Trinajstić information content (AvgIpc) is 2.91. The summed E-state index contributed by atoms with van der Waals surface area (Å²) in [5.41, 5.74) is 1.47. The minimum atomic E-state index is 0.361. The molecule has 0 spiro atoms. The number of benzene rings is 1. The Balaban J connectivity index is 1.51. The second-order valence-electron chi connectivity index (χ2n) is 7.76. The summed E-state index contributed by atoms with van der Waals surface area (Å²) < 4.78 is 0. The van der Waals surface area contributed by atoms with E-state index in [4.69, 9.17) is 0 Å². The molecule has 1 nitrogen and oxygen atoms in total. The third-order valence-electron chi connectivity index (χ3n) is 7.09. The smallest absolute Gasteiger partial charge is 0.0433 e. The molecular weight excluding hydrogens is 268 g/mol. The first-order chi connectivity index (χ1) is 10.9. The molecule has 0 saturated heterocycles. The van der Waals surface area contributed by atoms with Crippen molar-refractivity contribution in [3.05, 3.63) is 60.2 Å². The molecule has 1 heteroatoms. The van der Waals surface area contributed by atoms with Crippen molar-refractivity contribution in [1.29, 1.82) is 0 Å². The molecule has 1 N–H and O–H groups in total. The van der Waals surface area contributed by atoms with E-state index in [-0.39, 0.29) is 0 Å². The summed E-state index contributed by atoms with van der Waals surface area (Å²) in [7, 11) is 0. The van der Waals surface area contributed by atoms with Crippen molar-refractivity contribution in [3.8, 4) is 0 Å². The van der Waals surface area contributed by atoms with Gasteiger partial charge in [0.05, 0.1) is 0 Å². The van der Waals surface area contributed by atoms with Crippen molar-refractivity contribution in [1.82, 2.24) is 0 Å². The Morgan fingerprint density at radius 1 is 0.909 bits per heavy atom. The Bertz CT molecular complexity index is 616. The number of hydrogen-bond donors (Lipinski definition) is 1. The van der Waals surface area contributed by atoms with Crippen LogP contribution in [0.4, 0.5) is 0 Å². The third kappa shape index (κ3) is 1.64. The van der Waals surface area contributed by atoms with Crippen LogP contribution < -0.4 is 0 Å². The van der Waals surface area contributed by atoms with Crippen molar-refractivity contribution in [2.24, 2.45) is 41.4 Å². The molecule has 2 fully saturated rings. The molecule has 2 saturated carbocycles. The monoisotopic (exact) mass is 292 g/mol. The van der Waals surface area contributed by atoms with Gasteiger partial charge in [-0.05, 0) is 59.8 Å². The molecule has 0 radical (unpaired) electrons. The molecule has 5 rings (SSSR count). The molecular formula is C21H24O. The van der Waals surface area contributed by atoms with Gasteiger partial charge in [0.2, 0.25) is 0 Å². The summed E-state index contributed by atoms with van der Waals surface area (Å²) in [5, 5.41) is 9.36. The van der Waals surface area contributed by atoms with Crippen molar-refractivity contribution in [2.75, 3.05) is 6.61 Å². The van der Waals surface area contributed by atoms with Crippen LogP contribution in [-0.2, 0) is 0 Å². The normalized spacial score (nSPS) is 47.1. The Hall–Kier alpha value is -1.34. The zero-order valence-corrected chi connectivity index (χ0v) is 12.9. The van der Waals surface area contributed by atoms with Gasteiger partial charge < -0.3 is 5.11 Å². The molecule has 0 heterocycles. The van der Waals surface area contributed by atoms with Gasteiger partial charge in [0.15, 0.2) is 0 Å². The quantitative estimate of drug-likeness (QED) is 0.834. The third-order valence-corrected chi connectivity index (χ3v) is 7.09.